The van der Waals surface area contributed by atoms with Crippen LogP contribution >= 0.6 is 0 Å². The van der Waals surface area contributed by atoms with Gasteiger partial charge in [0.05, 0.1) is 12.7 Å². The van der Waals surface area contributed by atoms with E-state index in [-0.39, 0.29) is 6.04 Å². The summed E-state index contributed by atoms with van der Waals surface area (Å²) in [6, 6.07) is 9.33. The number of ether oxygens (including phenoxy) is 2. The van der Waals surface area contributed by atoms with Crippen LogP contribution in [0, 0.1) is 11.3 Å². The molecule has 0 fully saturated rings. The molecular formula is C14H20N2O2. The molecule has 0 aromatic heterocycles. The van der Waals surface area contributed by atoms with Crippen LogP contribution in [0.3, 0.4) is 0 Å². The summed E-state index contributed by atoms with van der Waals surface area (Å²) in [4.78, 5) is 0. The van der Waals surface area contributed by atoms with Gasteiger partial charge in [0.15, 0.2) is 0 Å². The van der Waals surface area contributed by atoms with E-state index in [9.17, 15) is 0 Å². The Bertz CT molecular complexity index is 370. The first-order valence-corrected chi connectivity index (χ1v) is 6.28. The highest BCUT2D eigenvalue weighted by molar-refractivity contribution is 5.31. The van der Waals surface area contributed by atoms with Gasteiger partial charge >= 0.3 is 0 Å². The second-order valence-electron chi connectivity index (χ2n) is 3.85. The molecule has 1 atom stereocenters. The van der Waals surface area contributed by atoms with Gasteiger partial charge in [-0.05, 0) is 44.2 Å². The molecule has 1 N–H and O–H groups in total. The first kappa shape index (κ1) is 14.3. The molecule has 18 heavy (non-hydrogen) atoms. The normalized spacial score (nSPS) is 11.6. The van der Waals surface area contributed by atoms with Crippen LogP contribution in [0.25, 0.3) is 0 Å². The van der Waals surface area contributed by atoms with Gasteiger partial charge in [-0.15, -0.1) is 0 Å². The van der Waals surface area contributed by atoms with Crippen LogP contribution in [-0.4, -0.2) is 25.8 Å². The minimum Gasteiger partial charge on any atom is -0.494 e. The molecule has 0 bridgehead atoms. The van der Waals surface area contributed by atoms with Crippen LogP contribution in [0.1, 0.15) is 20.3 Å². The molecular weight excluding hydrogens is 228 g/mol. The van der Waals surface area contributed by atoms with E-state index in [0.29, 0.717) is 13.2 Å². The predicted molar refractivity (Wildman–Crippen MR) is 70.8 cm³/mol. The Morgan fingerprint density at radius 3 is 2.28 bits per heavy atom. The van der Waals surface area contributed by atoms with E-state index in [0.717, 1.165) is 24.5 Å². The first-order valence-electron chi connectivity index (χ1n) is 6.28. The SMILES string of the molecule is CCCNC(C#N)COc1ccc(OCC)cc1. The van der Waals surface area contributed by atoms with Crippen molar-refractivity contribution in [1.82, 2.24) is 5.32 Å². The third-order valence-electron chi connectivity index (χ3n) is 2.35. The molecule has 0 aliphatic rings. The van der Waals surface area contributed by atoms with Gasteiger partial charge in [0, 0.05) is 0 Å². The summed E-state index contributed by atoms with van der Waals surface area (Å²) in [5.41, 5.74) is 0. The zero-order chi connectivity index (χ0) is 13.2. The van der Waals surface area contributed by atoms with Crippen LogP contribution in [0.2, 0.25) is 0 Å². The maximum atomic E-state index is 8.93. The molecule has 0 saturated heterocycles. The summed E-state index contributed by atoms with van der Waals surface area (Å²) in [5.74, 6) is 1.57. The fraction of sp³-hybridized carbons (Fsp3) is 0.500. The summed E-state index contributed by atoms with van der Waals surface area (Å²) in [6.45, 7) is 5.84. The van der Waals surface area contributed by atoms with Crippen LogP contribution in [0.4, 0.5) is 0 Å². The Morgan fingerprint density at radius 2 is 1.78 bits per heavy atom. The van der Waals surface area contributed by atoms with Gasteiger partial charge in [0.25, 0.3) is 0 Å². The van der Waals surface area contributed by atoms with Crippen molar-refractivity contribution in [3.05, 3.63) is 24.3 Å². The number of nitrogens with zero attached hydrogens (tertiary/aromatic N) is 1. The van der Waals surface area contributed by atoms with Crippen molar-refractivity contribution >= 4 is 0 Å². The average Bonchev–Trinajstić information content (AvgIpc) is 2.41. The number of hydrogen-bond acceptors (Lipinski definition) is 4. The van der Waals surface area contributed by atoms with Gasteiger partial charge in [-0.2, -0.15) is 5.26 Å². The molecule has 0 amide bonds. The third kappa shape index (κ3) is 5.07. The molecule has 1 aromatic carbocycles. The number of nitriles is 1. The van der Waals surface area contributed by atoms with Gasteiger partial charge in [-0.25, -0.2) is 0 Å². The van der Waals surface area contributed by atoms with Crippen molar-refractivity contribution in [1.29, 1.82) is 5.26 Å². The van der Waals surface area contributed by atoms with Crippen LogP contribution in [0.5, 0.6) is 11.5 Å². The highest BCUT2D eigenvalue weighted by Crippen LogP contribution is 2.17. The van der Waals surface area contributed by atoms with E-state index >= 15 is 0 Å². The Hall–Kier alpha value is -1.73. The van der Waals surface area contributed by atoms with E-state index in [2.05, 4.69) is 18.3 Å². The summed E-state index contributed by atoms with van der Waals surface area (Å²) in [7, 11) is 0. The second-order valence-corrected chi connectivity index (χ2v) is 3.85. The molecule has 4 nitrogen and oxygen atoms in total. The summed E-state index contributed by atoms with van der Waals surface area (Å²) in [6.07, 6.45) is 1.00. The maximum Gasteiger partial charge on any atom is 0.130 e. The van der Waals surface area contributed by atoms with Crippen molar-refractivity contribution in [2.45, 2.75) is 26.3 Å². The second kappa shape index (κ2) is 8.37. The minimum atomic E-state index is -0.267. The summed E-state index contributed by atoms with van der Waals surface area (Å²) < 4.78 is 10.9. The highest BCUT2D eigenvalue weighted by Gasteiger charge is 2.06. The van der Waals surface area contributed by atoms with Gasteiger partial charge in [-0.1, -0.05) is 6.92 Å². The van der Waals surface area contributed by atoms with E-state index in [1.54, 1.807) is 0 Å². The molecule has 1 unspecified atom stereocenters. The molecule has 1 aromatic rings. The van der Waals surface area contributed by atoms with Crippen molar-refractivity contribution < 1.29 is 9.47 Å². The minimum absolute atomic E-state index is 0.267. The topological polar surface area (TPSA) is 54.3 Å². The molecule has 4 heteroatoms. The maximum absolute atomic E-state index is 8.93. The van der Waals surface area contributed by atoms with Gasteiger partial charge in [0.1, 0.15) is 24.1 Å². The van der Waals surface area contributed by atoms with E-state index < -0.39 is 0 Å². The molecule has 0 heterocycles. The zero-order valence-electron chi connectivity index (χ0n) is 11.0. The third-order valence-corrected chi connectivity index (χ3v) is 2.35. The average molecular weight is 248 g/mol. The number of nitrogens with one attached hydrogen (secondary N) is 1. The van der Waals surface area contributed by atoms with E-state index in [1.807, 2.05) is 31.2 Å². The zero-order valence-corrected chi connectivity index (χ0v) is 11.0. The van der Waals surface area contributed by atoms with Gasteiger partial charge < -0.3 is 9.47 Å². The van der Waals surface area contributed by atoms with Crippen molar-refractivity contribution in [3.8, 4) is 17.6 Å². The highest BCUT2D eigenvalue weighted by atomic mass is 16.5. The lowest BCUT2D eigenvalue weighted by molar-refractivity contribution is 0.288. The first-order chi connectivity index (χ1) is 8.80. The molecule has 0 radical (unpaired) electrons. The Kier molecular flexibility index (Phi) is 6.67. The smallest absolute Gasteiger partial charge is 0.130 e. The van der Waals surface area contributed by atoms with E-state index in [1.165, 1.54) is 0 Å². The number of hydrogen-bond donors (Lipinski definition) is 1. The molecule has 0 aliphatic carbocycles. The van der Waals surface area contributed by atoms with Gasteiger partial charge in [-0.3, -0.25) is 5.32 Å². The molecule has 98 valence electrons. The van der Waals surface area contributed by atoms with Crippen LogP contribution < -0.4 is 14.8 Å². The van der Waals surface area contributed by atoms with Gasteiger partial charge in [0.2, 0.25) is 0 Å². The predicted octanol–water partition coefficient (Wildman–Crippen LogP) is 2.36. The summed E-state index contributed by atoms with van der Waals surface area (Å²) >= 11 is 0. The van der Waals surface area contributed by atoms with Crippen LogP contribution in [0.15, 0.2) is 24.3 Å². The Labute approximate surface area is 109 Å². The van der Waals surface area contributed by atoms with Crippen molar-refractivity contribution in [2.24, 2.45) is 0 Å². The molecule has 1 rings (SSSR count). The number of benzene rings is 1. The van der Waals surface area contributed by atoms with Crippen molar-refractivity contribution in [3.63, 3.8) is 0 Å². The van der Waals surface area contributed by atoms with E-state index in [4.69, 9.17) is 14.7 Å². The lowest BCUT2D eigenvalue weighted by Gasteiger charge is -2.12. The molecule has 0 aliphatic heterocycles. The monoisotopic (exact) mass is 248 g/mol. The number of rotatable bonds is 8. The van der Waals surface area contributed by atoms with Crippen LogP contribution in [-0.2, 0) is 0 Å². The molecule has 0 saturated carbocycles. The summed E-state index contributed by atoms with van der Waals surface area (Å²) in [5, 5.41) is 12.0. The van der Waals surface area contributed by atoms with Crippen molar-refractivity contribution in [2.75, 3.05) is 19.8 Å². The lowest BCUT2D eigenvalue weighted by Crippen LogP contribution is -2.33. The Morgan fingerprint density at radius 1 is 1.17 bits per heavy atom. The fourth-order valence-corrected chi connectivity index (χ4v) is 1.44. The fourth-order valence-electron chi connectivity index (χ4n) is 1.44. The lowest BCUT2D eigenvalue weighted by atomic mass is 10.3. The Balaban J connectivity index is 2.40. The standard InChI is InChI=1S/C14H20N2O2/c1-3-9-16-12(10-15)11-18-14-7-5-13(6-8-14)17-4-2/h5-8,12,16H,3-4,9,11H2,1-2H3. The molecule has 0 spiro atoms. The largest absolute Gasteiger partial charge is 0.494 e. The quantitative estimate of drug-likeness (QED) is 0.767.